The van der Waals surface area contributed by atoms with Gasteiger partial charge in [-0.2, -0.15) is 0 Å². The number of rotatable bonds is 2. The topological polar surface area (TPSA) is 36.1 Å². The van der Waals surface area contributed by atoms with Gasteiger partial charge in [-0.1, -0.05) is 38.5 Å². The first-order chi connectivity index (χ1) is 9.63. The number of piperidine rings is 1. The molecule has 0 unspecified atom stereocenters. The number of aromatic nitrogens is 1. The van der Waals surface area contributed by atoms with Crippen molar-refractivity contribution in [1.82, 2.24) is 9.88 Å². The number of amides is 1. The number of hydrogen-bond donors (Lipinski definition) is 1. The summed E-state index contributed by atoms with van der Waals surface area (Å²) < 4.78 is 0. The van der Waals surface area contributed by atoms with Crippen molar-refractivity contribution in [3.05, 3.63) is 36.0 Å². The second-order valence-corrected chi connectivity index (χ2v) is 6.20. The average Bonchev–Trinajstić information content (AvgIpc) is 2.91. The Hall–Kier alpha value is -1.77. The highest BCUT2D eigenvalue weighted by Crippen LogP contribution is 2.34. The Kier molecular flexibility index (Phi) is 3.28. The molecule has 1 N–H and O–H groups in total. The van der Waals surface area contributed by atoms with E-state index in [1.165, 1.54) is 6.42 Å². The fourth-order valence-corrected chi connectivity index (χ4v) is 3.02. The molecule has 106 valence electrons. The molecule has 1 aromatic heterocycles. The van der Waals surface area contributed by atoms with Gasteiger partial charge in [0.15, 0.2) is 0 Å². The molecule has 3 nitrogen and oxygen atoms in total. The normalized spacial score (nSPS) is 18.4. The monoisotopic (exact) mass is 270 g/mol. The van der Waals surface area contributed by atoms with Crippen molar-refractivity contribution in [2.24, 2.45) is 5.41 Å². The zero-order chi connectivity index (χ0) is 14.2. The summed E-state index contributed by atoms with van der Waals surface area (Å²) in [6.45, 7) is 6.34. The van der Waals surface area contributed by atoms with Crippen molar-refractivity contribution in [2.75, 3.05) is 13.1 Å². The second kappa shape index (κ2) is 4.97. The molecule has 3 rings (SSSR count). The van der Waals surface area contributed by atoms with Gasteiger partial charge in [0.1, 0.15) is 0 Å². The molecule has 1 amide bonds. The number of carbonyl (C=O) groups excluding carboxylic acids is 1. The molecule has 2 heterocycles. The SMILES string of the molecule is CCC1(C)CCN(C(=O)c2c[nH]c3ccccc23)CC1. The number of benzene rings is 1. The molecule has 0 saturated carbocycles. The summed E-state index contributed by atoms with van der Waals surface area (Å²) in [5.41, 5.74) is 2.25. The molecule has 0 radical (unpaired) electrons. The predicted octanol–water partition coefficient (Wildman–Crippen LogP) is 3.82. The Bertz CT molecular complexity index is 621. The van der Waals surface area contributed by atoms with Crippen LogP contribution in [0.3, 0.4) is 0 Å². The van der Waals surface area contributed by atoms with Gasteiger partial charge in [-0.3, -0.25) is 4.79 Å². The van der Waals surface area contributed by atoms with Crippen LogP contribution in [0.2, 0.25) is 0 Å². The van der Waals surface area contributed by atoms with Crippen molar-refractivity contribution >= 4 is 16.8 Å². The van der Waals surface area contributed by atoms with E-state index < -0.39 is 0 Å². The largest absolute Gasteiger partial charge is 0.360 e. The van der Waals surface area contributed by atoms with Crippen molar-refractivity contribution in [1.29, 1.82) is 0 Å². The molecule has 0 atom stereocenters. The van der Waals surface area contributed by atoms with Crippen LogP contribution < -0.4 is 0 Å². The molecule has 0 spiro atoms. The third-order valence-electron chi connectivity index (χ3n) is 4.93. The van der Waals surface area contributed by atoms with Gasteiger partial charge in [0.25, 0.3) is 5.91 Å². The lowest BCUT2D eigenvalue weighted by Crippen LogP contribution is -2.41. The van der Waals surface area contributed by atoms with E-state index in [2.05, 4.69) is 18.8 Å². The van der Waals surface area contributed by atoms with E-state index >= 15 is 0 Å². The molecule has 1 aromatic carbocycles. The number of H-pyrrole nitrogens is 1. The first-order valence-corrected chi connectivity index (χ1v) is 7.48. The summed E-state index contributed by atoms with van der Waals surface area (Å²) in [6.07, 6.45) is 5.26. The number of fused-ring (bicyclic) bond motifs is 1. The van der Waals surface area contributed by atoms with E-state index in [1.54, 1.807) is 0 Å². The van der Waals surface area contributed by atoms with Crippen LogP contribution >= 0.6 is 0 Å². The molecule has 20 heavy (non-hydrogen) atoms. The van der Waals surface area contributed by atoms with Crippen LogP contribution in [0.4, 0.5) is 0 Å². The minimum absolute atomic E-state index is 0.167. The van der Waals surface area contributed by atoms with Gasteiger partial charge in [0, 0.05) is 30.2 Å². The molecule has 1 saturated heterocycles. The molecule has 1 aliphatic heterocycles. The highest BCUT2D eigenvalue weighted by atomic mass is 16.2. The summed E-state index contributed by atoms with van der Waals surface area (Å²) >= 11 is 0. The van der Waals surface area contributed by atoms with Crippen molar-refractivity contribution in [3.63, 3.8) is 0 Å². The van der Waals surface area contributed by atoms with E-state index in [1.807, 2.05) is 35.4 Å². The number of nitrogens with one attached hydrogen (secondary N) is 1. The quantitative estimate of drug-likeness (QED) is 0.884. The Morgan fingerprint density at radius 2 is 2.00 bits per heavy atom. The van der Waals surface area contributed by atoms with Gasteiger partial charge in [-0.05, 0) is 24.3 Å². The predicted molar refractivity (Wildman–Crippen MR) is 81.8 cm³/mol. The van der Waals surface area contributed by atoms with Crippen LogP contribution in [0, 0.1) is 5.41 Å². The maximum atomic E-state index is 12.7. The van der Waals surface area contributed by atoms with E-state index in [0.717, 1.165) is 42.4 Å². The van der Waals surface area contributed by atoms with Gasteiger partial charge in [0.2, 0.25) is 0 Å². The number of aromatic amines is 1. The fourth-order valence-electron chi connectivity index (χ4n) is 3.02. The summed E-state index contributed by atoms with van der Waals surface area (Å²) in [6, 6.07) is 7.99. The van der Waals surface area contributed by atoms with Crippen molar-refractivity contribution in [2.45, 2.75) is 33.1 Å². The van der Waals surface area contributed by atoms with E-state index in [-0.39, 0.29) is 5.91 Å². The first-order valence-electron chi connectivity index (χ1n) is 7.48. The summed E-state index contributed by atoms with van der Waals surface area (Å²) in [7, 11) is 0. The number of likely N-dealkylation sites (tertiary alicyclic amines) is 1. The number of carbonyl (C=O) groups is 1. The van der Waals surface area contributed by atoms with Crippen LogP contribution in [-0.2, 0) is 0 Å². The van der Waals surface area contributed by atoms with Gasteiger partial charge in [-0.25, -0.2) is 0 Å². The van der Waals surface area contributed by atoms with Crippen LogP contribution in [0.15, 0.2) is 30.5 Å². The minimum Gasteiger partial charge on any atom is -0.360 e. The lowest BCUT2D eigenvalue weighted by atomic mass is 9.78. The molecule has 0 bridgehead atoms. The van der Waals surface area contributed by atoms with Crippen LogP contribution in [0.1, 0.15) is 43.5 Å². The molecular weight excluding hydrogens is 248 g/mol. The van der Waals surface area contributed by atoms with E-state index in [4.69, 9.17) is 0 Å². The maximum Gasteiger partial charge on any atom is 0.256 e. The summed E-state index contributed by atoms with van der Waals surface area (Å²) in [5.74, 6) is 0.167. The molecule has 2 aromatic rings. The Balaban J connectivity index is 1.80. The average molecular weight is 270 g/mol. The second-order valence-electron chi connectivity index (χ2n) is 6.20. The minimum atomic E-state index is 0.167. The van der Waals surface area contributed by atoms with Crippen LogP contribution in [0.25, 0.3) is 10.9 Å². The first kappa shape index (κ1) is 13.2. The number of para-hydroxylation sites is 1. The van der Waals surface area contributed by atoms with Gasteiger partial charge >= 0.3 is 0 Å². The van der Waals surface area contributed by atoms with E-state index in [9.17, 15) is 4.79 Å². The number of nitrogens with zero attached hydrogens (tertiary/aromatic N) is 1. The van der Waals surface area contributed by atoms with Crippen molar-refractivity contribution < 1.29 is 4.79 Å². The van der Waals surface area contributed by atoms with Crippen LogP contribution in [0.5, 0.6) is 0 Å². The number of hydrogen-bond acceptors (Lipinski definition) is 1. The molecule has 3 heteroatoms. The lowest BCUT2D eigenvalue weighted by Gasteiger charge is -2.38. The van der Waals surface area contributed by atoms with Gasteiger partial charge in [-0.15, -0.1) is 0 Å². The zero-order valence-corrected chi connectivity index (χ0v) is 12.3. The molecule has 0 aliphatic carbocycles. The molecule has 1 fully saturated rings. The smallest absolute Gasteiger partial charge is 0.256 e. The maximum absolute atomic E-state index is 12.7. The third-order valence-corrected chi connectivity index (χ3v) is 4.93. The lowest BCUT2D eigenvalue weighted by molar-refractivity contribution is 0.0602. The fraction of sp³-hybridized carbons (Fsp3) is 0.471. The zero-order valence-electron chi connectivity index (χ0n) is 12.3. The standard InChI is InChI=1S/C17H22N2O/c1-3-17(2)8-10-19(11-9-17)16(20)14-12-18-15-7-5-4-6-13(14)15/h4-7,12,18H,3,8-11H2,1-2H3. The molecule has 1 aliphatic rings. The van der Waals surface area contributed by atoms with Crippen molar-refractivity contribution in [3.8, 4) is 0 Å². The Morgan fingerprint density at radius 3 is 2.70 bits per heavy atom. The van der Waals surface area contributed by atoms with Gasteiger partial charge in [0.05, 0.1) is 5.56 Å². The Labute approximate surface area is 120 Å². The van der Waals surface area contributed by atoms with E-state index in [0.29, 0.717) is 5.41 Å². The molecular formula is C17H22N2O. The van der Waals surface area contributed by atoms with Crippen LogP contribution in [-0.4, -0.2) is 28.9 Å². The highest BCUT2D eigenvalue weighted by Gasteiger charge is 2.31. The third kappa shape index (κ3) is 2.21. The highest BCUT2D eigenvalue weighted by molar-refractivity contribution is 6.06. The summed E-state index contributed by atoms with van der Waals surface area (Å²) in [4.78, 5) is 17.9. The van der Waals surface area contributed by atoms with Gasteiger partial charge < -0.3 is 9.88 Å². The Morgan fingerprint density at radius 1 is 1.30 bits per heavy atom. The summed E-state index contributed by atoms with van der Waals surface area (Å²) in [5, 5.41) is 1.03.